The van der Waals surface area contributed by atoms with Gasteiger partial charge in [0.05, 0.1) is 0 Å². The zero-order valence-corrected chi connectivity index (χ0v) is 9.59. The van der Waals surface area contributed by atoms with Gasteiger partial charge >= 0.3 is 12.0 Å². The fourth-order valence-corrected chi connectivity index (χ4v) is 1.95. The Labute approximate surface area is 99.3 Å². The first kappa shape index (κ1) is 12.1. The molecule has 0 aromatic heterocycles. The topological polar surface area (TPSA) is 82.1 Å². The van der Waals surface area contributed by atoms with Gasteiger partial charge in [0.2, 0.25) is 0 Å². The summed E-state index contributed by atoms with van der Waals surface area (Å²) in [5.41, 5.74) is 2.13. The SMILES string of the molecule is O=C(O)CONC(=O)N1CCN(C2CC2)CC1. The van der Waals surface area contributed by atoms with Crippen LogP contribution in [0.25, 0.3) is 0 Å². The summed E-state index contributed by atoms with van der Waals surface area (Å²) in [6, 6.07) is 0.366. The molecule has 0 radical (unpaired) electrons. The van der Waals surface area contributed by atoms with Crippen molar-refractivity contribution in [2.45, 2.75) is 18.9 Å². The van der Waals surface area contributed by atoms with E-state index in [9.17, 15) is 9.59 Å². The lowest BCUT2D eigenvalue weighted by Gasteiger charge is -2.34. The number of nitrogens with one attached hydrogen (secondary N) is 1. The van der Waals surface area contributed by atoms with Crippen LogP contribution in [0.2, 0.25) is 0 Å². The summed E-state index contributed by atoms with van der Waals surface area (Å²) in [6.07, 6.45) is 2.54. The number of hydrogen-bond acceptors (Lipinski definition) is 4. The van der Waals surface area contributed by atoms with Gasteiger partial charge in [-0.3, -0.25) is 9.74 Å². The predicted molar refractivity (Wildman–Crippen MR) is 58.3 cm³/mol. The summed E-state index contributed by atoms with van der Waals surface area (Å²) in [6.45, 7) is 2.58. The first-order chi connectivity index (χ1) is 8.16. The molecule has 0 unspecified atom stereocenters. The van der Waals surface area contributed by atoms with Crippen LogP contribution in [0.1, 0.15) is 12.8 Å². The largest absolute Gasteiger partial charge is 0.479 e. The second kappa shape index (κ2) is 5.33. The normalized spacial score (nSPS) is 21.3. The molecule has 7 heteroatoms. The van der Waals surface area contributed by atoms with E-state index in [1.54, 1.807) is 4.90 Å². The Morgan fingerprint density at radius 1 is 1.24 bits per heavy atom. The molecule has 0 atom stereocenters. The maximum Gasteiger partial charge on any atom is 0.341 e. The number of carboxylic acid groups (broad SMARTS) is 1. The lowest BCUT2D eigenvalue weighted by atomic mass is 10.3. The minimum atomic E-state index is -1.11. The smallest absolute Gasteiger partial charge is 0.341 e. The summed E-state index contributed by atoms with van der Waals surface area (Å²) in [5.74, 6) is -1.11. The number of rotatable bonds is 4. The van der Waals surface area contributed by atoms with Gasteiger partial charge in [0.25, 0.3) is 0 Å². The van der Waals surface area contributed by atoms with Crippen LogP contribution in [0.3, 0.4) is 0 Å². The van der Waals surface area contributed by atoms with E-state index in [2.05, 4.69) is 15.2 Å². The summed E-state index contributed by atoms with van der Waals surface area (Å²) >= 11 is 0. The molecule has 2 rings (SSSR count). The predicted octanol–water partition coefficient (Wildman–Crippen LogP) is -0.508. The van der Waals surface area contributed by atoms with Crippen LogP contribution in [0.15, 0.2) is 0 Å². The number of piperazine rings is 1. The van der Waals surface area contributed by atoms with Crippen LogP contribution in [-0.2, 0) is 9.63 Å². The number of hydrogen-bond donors (Lipinski definition) is 2. The molecule has 1 heterocycles. The van der Waals surface area contributed by atoms with E-state index in [4.69, 9.17) is 5.11 Å². The highest BCUT2D eigenvalue weighted by molar-refractivity contribution is 5.73. The van der Waals surface area contributed by atoms with Gasteiger partial charge in [-0.2, -0.15) is 0 Å². The summed E-state index contributed by atoms with van der Waals surface area (Å²) < 4.78 is 0. The third-order valence-corrected chi connectivity index (χ3v) is 3.02. The standard InChI is InChI=1S/C10H17N3O4/c14-9(15)7-17-11-10(16)13-5-3-12(4-6-13)8-1-2-8/h8H,1-7H2,(H,11,16)(H,14,15). The molecule has 2 aliphatic rings. The van der Waals surface area contributed by atoms with E-state index in [-0.39, 0.29) is 6.03 Å². The van der Waals surface area contributed by atoms with E-state index < -0.39 is 12.6 Å². The van der Waals surface area contributed by atoms with Gasteiger partial charge in [-0.15, -0.1) is 0 Å². The van der Waals surface area contributed by atoms with Gasteiger partial charge in [-0.1, -0.05) is 0 Å². The van der Waals surface area contributed by atoms with E-state index >= 15 is 0 Å². The van der Waals surface area contributed by atoms with Crippen molar-refractivity contribution in [3.63, 3.8) is 0 Å². The Morgan fingerprint density at radius 3 is 2.41 bits per heavy atom. The van der Waals surface area contributed by atoms with Gasteiger partial charge in [0.1, 0.15) is 0 Å². The zero-order chi connectivity index (χ0) is 12.3. The van der Waals surface area contributed by atoms with E-state index in [0.717, 1.165) is 19.1 Å². The number of carbonyl (C=O) groups excluding carboxylic acids is 1. The van der Waals surface area contributed by atoms with Crippen molar-refractivity contribution >= 4 is 12.0 Å². The first-order valence-corrected chi connectivity index (χ1v) is 5.79. The summed E-state index contributed by atoms with van der Waals surface area (Å²) in [5, 5.41) is 8.34. The van der Waals surface area contributed by atoms with Gasteiger partial charge in [0.15, 0.2) is 6.61 Å². The molecule has 7 nitrogen and oxygen atoms in total. The molecule has 0 spiro atoms. The fraction of sp³-hybridized carbons (Fsp3) is 0.800. The number of carboxylic acids is 1. The van der Waals surface area contributed by atoms with Gasteiger partial charge in [-0.05, 0) is 12.8 Å². The number of urea groups is 1. The number of carbonyl (C=O) groups is 2. The monoisotopic (exact) mass is 243 g/mol. The second-order valence-electron chi connectivity index (χ2n) is 4.34. The Hall–Kier alpha value is -1.34. The molecule has 1 saturated heterocycles. The summed E-state index contributed by atoms with van der Waals surface area (Å²) in [7, 11) is 0. The van der Waals surface area contributed by atoms with Gasteiger partial charge in [0, 0.05) is 32.2 Å². The van der Waals surface area contributed by atoms with Crippen LogP contribution in [0.5, 0.6) is 0 Å². The van der Waals surface area contributed by atoms with E-state index in [1.807, 2.05) is 0 Å². The number of amides is 2. The molecule has 1 aliphatic heterocycles. The lowest BCUT2D eigenvalue weighted by molar-refractivity contribution is -0.144. The van der Waals surface area contributed by atoms with Gasteiger partial charge in [-0.25, -0.2) is 15.1 Å². The molecular weight excluding hydrogens is 226 g/mol. The third-order valence-electron chi connectivity index (χ3n) is 3.02. The molecule has 2 amide bonds. The maximum atomic E-state index is 11.6. The average molecular weight is 243 g/mol. The Kier molecular flexibility index (Phi) is 3.80. The molecule has 1 aliphatic carbocycles. The third kappa shape index (κ3) is 3.57. The highest BCUT2D eigenvalue weighted by atomic mass is 16.7. The van der Waals surface area contributed by atoms with Crippen LogP contribution in [-0.4, -0.2) is 65.7 Å². The van der Waals surface area contributed by atoms with Crippen molar-refractivity contribution in [1.82, 2.24) is 15.3 Å². The minimum Gasteiger partial charge on any atom is -0.479 e. The molecular formula is C10H17N3O4. The van der Waals surface area contributed by atoms with E-state index in [1.165, 1.54) is 12.8 Å². The minimum absolute atomic E-state index is 0.360. The molecule has 2 fully saturated rings. The lowest BCUT2D eigenvalue weighted by Crippen LogP contribution is -2.52. The van der Waals surface area contributed by atoms with Crippen LogP contribution >= 0.6 is 0 Å². The average Bonchev–Trinajstić information content (AvgIpc) is 3.12. The molecule has 96 valence electrons. The molecule has 2 N–H and O–H groups in total. The van der Waals surface area contributed by atoms with Crippen molar-refractivity contribution in [3.05, 3.63) is 0 Å². The van der Waals surface area contributed by atoms with Crippen molar-refractivity contribution in [1.29, 1.82) is 0 Å². The number of hydroxylamine groups is 1. The second-order valence-corrected chi connectivity index (χ2v) is 4.34. The van der Waals surface area contributed by atoms with Crippen molar-refractivity contribution < 1.29 is 19.5 Å². The number of aliphatic carboxylic acids is 1. The summed E-state index contributed by atoms with van der Waals surface area (Å²) in [4.78, 5) is 30.3. The fourth-order valence-electron chi connectivity index (χ4n) is 1.95. The Balaban J connectivity index is 1.65. The zero-order valence-electron chi connectivity index (χ0n) is 9.59. The highest BCUT2D eigenvalue weighted by Crippen LogP contribution is 2.27. The van der Waals surface area contributed by atoms with Crippen molar-refractivity contribution in [2.75, 3.05) is 32.8 Å². The maximum absolute atomic E-state index is 11.6. The highest BCUT2D eigenvalue weighted by Gasteiger charge is 2.32. The molecule has 0 aromatic carbocycles. The van der Waals surface area contributed by atoms with Crippen LogP contribution < -0.4 is 5.48 Å². The molecule has 0 aromatic rings. The quantitative estimate of drug-likeness (QED) is 0.650. The molecule has 17 heavy (non-hydrogen) atoms. The van der Waals surface area contributed by atoms with Crippen LogP contribution in [0, 0.1) is 0 Å². The van der Waals surface area contributed by atoms with Gasteiger partial charge < -0.3 is 10.0 Å². The Bertz CT molecular complexity index is 298. The van der Waals surface area contributed by atoms with Crippen molar-refractivity contribution in [3.8, 4) is 0 Å². The molecule has 1 saturated carbocycles. The van der Waals surface area contributed by atoms with E-state index in [0.29, 0.717) is 13.1 Å². The number of nitrogens with zero attached hydrogens (tertiary/aromatic N) is 2. The first-order valence-electron chi connectivity index (χ1n) is 5.79. The van der Waals surface area contributed by atoms with Crippen LogP contribution in [0.4, 0.5) is 4.79 Å². The van der Waals surface area contributed by atoms with Crippen molar-refractivity contribution in [2.24, 2.45) is 0 Å². The Morgan fingerprint density at radius 2 is 1.88 bits per heavy atom. The molecule has 0 bridgehead atoms.